The van der Waals surface area contributed by atoms with E-state index in [9.17, 15) is 9.18 Å². The van der Waals surface area contributed by atoms with Gasteiger partial charge in [-0.1, -0.05) is 19.3 Å². The fourth-order valence-electron chi connectivity index (χ4n) is 5.55. The van der Waals surface area contributed by atoms with Crippen LogP contribution in [-0.4, -0.2) is 54.9 Å². The maximum atomic E-state index is 13.9. The minimum atomic E-state index is -0.873. The maximum Gasteiger partial charge on any atom is 0.239 e. The van der Waals surface area contributed by atoms with Crippen molar-refractivity contribution in [3.05, 3.63) is 0 Å². The molecule has 4 fully saturated rings. The quantitative estimate of drug-likeness (QED) is 0.644. The number of carbonyl (C=O) groups excluding carboxylic acids is 1. The topological polar surface area (TPSA) is 89.4 Å². The summed E-state index contributed by atoms with van der Waals surface area (Å²) < 4.78 is 13.9. The highest BCUT2D eigenvalue weighted by Gasteiger charge is 2.37. The monoisotopic (exact) mass is 407 g/mol. The molecule has 4 rings (SSSR count). The number of halogens is 1. The van der Waals surface area contributed by atoms with Crippen molar-refractivity contribution in [1.29, 1.82) is 5.26 Å². The Hall–Kier alpha value is -1.27. The summed E-state index contributed by atoms with van der Waals surface area (Å²) in [5.41, 5.74) is 6.27. The lowest BCUT2D eigenvalue weighted by molar-refractivity contribution is -0.125. The molecule has 4 aliphatic rings. The summed E-state index contributed by atoms with van der Waals surface area (Å²) in [5, 5.41) is 14.3. The zero-order chi connectivity index (χ0) is 20.2. The number of nitriles is 1. The van der Waals surface area contributed by atoms with Crippen molar-refractivity contribution in [3.63, 3.8) is 0 Å². The van der Waals surface area contributed by atoms with E-state index in [0.717, 1.165) is 19.4 Å². The predicted octanol–water partition coefficient (Wildman–Crippen LogP) is 1.81. The number of hydrogen-bond donors (Lipinski definition) is 3. The van der Waals surface area contributed by atoms with Crippen molar-refractivity contribution in [2.24, 2.45) is 17.8 Å². The number of rotatable bonds is 5. The molecule has 0 aromatic rings. The van der Waals surface area contributed by atoms with Gasteiger partial charge in [-0.25, -0.2) is 9.40 Å². The molecule has 6 atom stereocenters. The van der Waals surface area contributed by atoms with Crippen LogP contribution in [0.3, 0.4) is 0 Å². The highest BCUT2D eigenvalue weighted by molar-refractivity contribution is 5.82. The van der Waals surface area contributed by atoms with Crippen LogP contribution >= 0.6 is 0 Å². The molecule has 0 aromatic heterocycles. The van der Waals surface area contributed by atoms with Gasteiger partial charge in [0.1, 0.15) is 12.2 Å². The smallest absolute Gasteiger partial charge is 0.239 e. The van der Waals surface area contributed by atoms with Crippen LogP contribution in [0.2, 0.25) is 0 Å². The van der Waals surface area contributed by atoms with Crippen molar-refractivity contribution in [1.82, 2.24) is 21.2 Å². The number of nitrogens with one attached hydrogen (secondary N) is 3. The number of hydrazine groups is 1. The van der Waals surface area contributed by atoms with Crippen molar-refractivity contribution >= 4 is 5.91 Å². The number of hydrogen-bond acceptors (Lipinski definition) is 6. The first-order chi connectivity index (χ1) is 14.1. The normalized spacial score (nSPS) is 39.3. The van der Waals surface area contributed by atoms with Crippen LogP contribution in [0.15, 0.2) is 0 Å². The standard InChI is InChI=1S/C21H34FN5O2/c22-17-7-14(10-23)6-15(8-17)12-27-13-18(11-24-27)25-21(28)19-9-20(29-26-19)16-4-2-1-3-5-16/h14-20,24,26H,1-9,11-13H2,(H,25,28). The second kappa shape index (κ2) is 9.69. The molecule has 3 N–H and O–H groups in total. The molecule has 0 bridgehead atoms. The number of amides is 1. The van der Waals surface area contributed by atoms with E-state index in [1.807, 2.05) is 0 Å². The molecule has 0 spiro atoms. The molecule has 162 valence electrons. The molecular formula is C21H34FN5O2. The average molecular weight is 408 g/mol. The first kappa shape index (κ1) is 21.0. The Morgan fingerprint density at radius 3 is 2.83 bits per heavy atom. The zero-order valence-corrected chi connectivity index (χ0v) is 17.1. The van der Waals surface area contributed by atoms with Crippen LogP contribution in [0.1, 0.15) is 57.8 Å². The van der Waals surface area contributed by atoms with E-state index in [-0.39, 0.29) is 35.9 Å². The molecular weight excluding hydrogens is 373 g/mol. The Morgan fingerprint density at radius 1 is 1.21 bits per heavy atom. The Morgan fingerprint density at radius 2 is 2.03 bits per heavy atom. The van der Waals surface area contributed by atoms with Crippen molar-refractivity contribution in [2.45, 2.75) is 82.1 Å². The van der Waals surface area contributed by atoms with E-state index in [4.69, 9.17) is 10.1 Å². The second-order valence-electron chi connectivity index (χ2n) is 9.43. The van der Waals surface area contributed by atoms with Gasteiger partial charge in [-0.3, -0.25) is 15.1 Å². The van der Waals surface area contributed by atoms with Gasteiger partial charge in [0, 0.05) is 32.0 Å². The molecule has 2 aliphatic heterocycles. The molecule has 0 aromatic carbocycles. The molecule has 8 heteroatoms. The molecule has 7 nitrogen and oxygen atoms in total. The highest BCUT2D eigenvalue weighted by atomic mass is 19.1. The van der Waals surface area contributed by atoms with Gasteiger partial charge >= 0.3 is 0 Å². The first-order valence-corrected chi connectivity index (χ1v) is 11.3. The third-order valence-corrected chi connectivity index (χ3v) is 7.08. The van der Waals surface area contributed by atoms with Crippen molar-refractivity contribution < 1.29 is 14.0 Å². The van der Waals surface area contributed by atoms with Crippen LogP contribution in [-0.2, 0) is 9.63 Å². The van der Waals surface area contributed by atoms with E-state index in [1.165, 1.54) is 32.1 Å². The summed E-state index contributed by atoms with van der Waals surface area (Å²) in [6, 6.07) is 1.98. The zero-order valence-electron chi connectivity index (χ0n) is 17.1. The van der Waals surface area contributed by atoms with Gasteiger partial charge in [-0.15, -0.1) is 0 Å². The Labute approximate surface area is 172 Å². The molecule has 0 radical (unpaired) electrons. The summed E-state index contributed by atoms with van der Waals surface area (Å²) >= 11 is 0. The lowest BCUT2D eigenvalue weighted by atomic mass is 9.81. The van der Waals surface area contributed by atoms with E-state index < -0.39 is 6.17 Å². The lowest BCUT2D eigenvalue weighted by Crippen LogP contribution is -2.47. The number of alkyl halides is 1. The van der Waals surface area contributed by atoms with E-state index in [1.54, 1.807) is 0 Å². The van der Waals surface area contributed by atoms with E-state index in [0.29, 0.717) is 31.8 Å². The summed E-state index contributed by atoms with van der Waals surface area (Å²) in [6.45, 7) is 2.11. The van der Waals surface area contributed by atoms with Gasteiger partial charge in [0.15, 0.2) is 0 Å². The van der Waals surface area contributed by atoms with Gasteiger partial charge in [-0.2, -0.15) is 10.7 Å². The fraction of sp³-hybridized carbons (Fsp3) is 0.905. The fourth-order valence-corrected chi connectivity index (χ4v) is 5.55. The minimum Gasteiger partial charge on any atom is -0.349 e. The predicted molar refractivity (Wildman–Crippen MR) is 106 cm³/mol. The third-order valence-electron chi connectivity index (χ3n) is 7.08. The van der Waals surface area contributed by atoms with Gasteiger partial charge in [0.2, 0.25) is 5.91 Å². The van der Waals surface area contributed by atoms with Crippen LogP contribution in [0.5, 0.6) is 0 Å². The number of hydroxylamine groups is 1. The van der Waals surface area contributed by atoms with Gasteiger partial charge in [0.05, 0.1) is 18.2 Å². The molecule has 1 amide bonds. The number of carbonyl (C=O) groups is 1. The molecule has 2 aliphatic carbocycles. The molecule has 6 unspecified atom stereocenters. The first-order valence-electron chi connectivity index (χ1n) is 11.3. The molecule has 2 saturated carbocycles. The van der Waals surface area contributed by atoms with Gasteiger partial charge < -0.3 is 5.32 Å². The minimum absolute atomic E-state index is 0.00277. The van der Waals surface area contributed by atoms with Crippen LogP contribution < -0.4 is 16.2 Å². The summed E-state index contributed by atoms with van der Waals surface area (Å²) in [7, 11) is 0. The SMILES string of the molecule is N#CC1CC(F)CC(CN2CC(NC(=O)C3CC(C4CCCCC4)ON3)CN2)C1. The van der Waals surface area contributed by atoms with E-state index in [2.05, 4.69) is 27.3 Å². The Bertz CT molecular complexity index is 608. The maximum absolute atomic E-state index is 13.9. The molecule has 29 heavy (non-hydrogen) atoms. The van der Waals surface area contributed by atoms with Gasteiger partial charge in [0.25, 0.3) is 0 Å². The summed E-state index contributed by atoms with van der Waals surface area (Å²) in [4.78, 5) is 18.4. The van der Waals surface area contributed by atoms with Crippen LogP contribution in [0.4, 0.5) is 4.39 Å². The summed E-state index contributed by atoms with van der Waals surface area (Å²) in [6.07, 6.45) is 7.94. The van der Waals surface area contributed by atoms with Crippen molar-refractivity contribution in [3.8, 4) is 6.07 Å². The lowest BCUT2D eigenvalue weighted by Gasteiger charge is -2.30. The molecule has 2 saturated heterocycles. The number of nitrogens with zero attached hydrogens (tertiary/aromatic N) is 2. The Kier molecular flexibility index (Phi) is 7.01. The Balaban J connectivity index is 1.19. The van der Waals surface area contributed by atoms with Crippen LogP contribution in [0.25, 0.3) is 0 Å². The highest BCUT2D eigenvalue weighted by Crippen LogP contribution is 2.32. The average Bonchev–Trinajstić information content (AvgIpc) is 3.38. The van der Waals surface area contributed by atoms with Crippen LogP contribution in [0, 0.1) is 29.1 Å². The van der Waals surface area contributed by atoms with E-state index >= 15 is 0 Å². The van der Waals surface area contributed by atoms with Gasteiger partial charge in [-0.05, 0) is 43.9 Å². The molecule has 2 heterocycles. The summed E-state index contributed by atoms with van der Waals surface area (Å²) in [5.74, 6) is 0.589. The largest absolute Gasteiger partial charge is 0.349 e. The third kappa shape index (κ3) is 5.46. The second-order valence-corrected chi connectivity index (χ2v) is 9.43. The van der Waals surface area contributed by atoms with Crippen molar-refractivity contribution in [2.75, 3.05) is 19.6 Å².